The van der Waals surface area contributed by atoms with Gasteiger partial charge in [0.05, 0.1) is 5.69 Å². The summed E-state index contributed by atoms with van der Waals surface area (Å²) < 4.78 is 0. The second-order valence-electron chi connectivity index (χ2n) is 6.05. The summed E-state index contributed by atoms with van der Waals surface area (Å²) in [5, 5.41) is 7.58. The lowest BCUT2D eigenvalue weighted by Gasteiger charge is -2.13. The molecule has 0 saturated heterocycles. The van der Waals surface area contributed by atoms with Gasteiger partial charge in [0.1, 0.15) is 5.70 Å². The molecule has 0 atom stereocenters. The van der Waals surface area contributed by atoms with Crippen LogP contribution >= 0.6 is 23.1 Å². The molecule has 142 valence electrons. The first kappa shape index (κ1) is 19.9. The number of carbonyl (C=O) groups excluding carboxylic acids is 2. The number of para-hydroxylation sites is 1. The van der Waals surface area contributed by atoms with E-state index in [0.29, 0.717) is 11.3 Å². The SMILES string of the molecule is CSc1ccccc1NC(=O)/C(=C/c1cccs1)NC(=O)c1ccc(C)cc1. The van der Waals surface area contributed by atoms with Crippen LogP contribution in [0.1, 0.15) is 20.8 Å². The molecule has 0 aliphatic rings. The van der Waals surface area contributed by atoms with E-state index in [1.807, 2.05) is 67.1 Å². The van der Waals surface area contributed by atoms with Gasteiger partial charge in [-0.1, -0.05) is 35.9 Å². The summed E-state index contributed by atoms with van der Waals surface area (Å²) in [7, 11) is 0. The molecule has 0 aliphatic heterocycles. The fourth-order valence-electron chi connectivity index (χ4n) is 2.51. The zero-order chi connectivity index (χ0) is 19.9. The normalized spacial score (nSPS) is 11.1. The van der Waals surface area contributed by atoms with Gasteiger partial charge < -0.3 is 10.6 Å². The first-order valence-corrected chi connectivity index (χ1v) is 10.7. The number of amides is 2. The summed E-state index contributed by atoms with van der Waals surface area (Å²) in [4.78, 5) is 27.4. The van der Waals surface area contributed by atoms with E-state index in [1.54, 1.807) is 30.0 Å². The van der Waals surface area contributed by atoms with Crippen LogP contribution in [0.4, 0.5) is 5.69 Å². The molecule has 3 rings (SSSR count). The van der Waals surface area contributed by atoms with Gasteiger partial charge in [0.15, 0.2) is 0 Å². The number of thioether (sulfide) groups is 1. The van der Waals surface area contributed by atoms with Crippen LogP contribution in [0.2, 0.25) is 0 Å². The Morgan fingerprint density at radius 3 is 2.43 bits per heavy atom. The lowest BCUT2D eigenvalue weighted by atomic mass is 10.1. The maximum atomic E-state index is 12.9. The average molecular weight is 409 g/mol. The highest BCUT2D eigenvalue weighted by Crippen LogP contribution is 2.25. The molecule has 0 spiro atoms. The number of anilines is 1. The van der Waals surface area contributed by atoms with Crippen LogP contribution in [0, 0.1) is 6.92 Å². The Morgan fingerprint density at radius 1 is 1.00 bits per heavy atom. The molecule has 2 amide bonds. The molecule has 1 heterocycles. The molecule has 2 aromatic carbocycles. The van der Waals surface area contributed by atoms with Crippen LogP contribution in [0.5, 0.6) is 0 Å². The van der Waals surface area contributed by atoms with Crippen molar-refractivity contribution in [3.63, 3.8) is 0 Å². The van der Waals surface area contributed by atoms with E-state index < -0.39 is 0 Å². The van der Waals surface area contributed by atoms with Crippen molar-refractivity contribution in [1.82, 2.24) is 5.32 Å². The zero-order valence-electron chi connectivity index (χ0n) is 15.6. The van der Waals surface area contributed by atoms with E-state index in [2.05, 4.69) is 10.6 Å². The predicted octanol–water partition coefficient (Wildman–Crippen LogP) is 5.19. The van der Waals surface area contributed by atoms with Crippen LogP contribution in [0.15, 0.2) is 76.6 Å². The number of aryl methyl sites for hydroxylation is 1. The Bertz CT molecular complexity index is 994. The standard InChI is InChI=1S/C22H20N2O2S2/c1-15-9-11-16(12-10-15)21(25)24-19(14-17-6-5-13-28-17)22(26)23-18-7-3-4-8-20(18)27-2/h3-14H,1-2H3,(H,23,26)(H,24,25)/b19-14-. The van der Waals surface area contributed by atoms with Crippen LogP contribution < -0.4 is 10.6 Å². The van der Waals surface area contributed by atoms with E-state index in [4.69, 9.17) is 0 Å². The molecule has 0 aliphatic carbocycles. The fourth-order valence-corrected chi connectivity index (χ4v) is 3.72. The van der Waals surface area contributed by atoms with Gasteiger partial charge in [-0.2, -0.15) is 0 Å². The third-order valence-electron chi connectivity index (χ3n) is 3.99. The minimum atomic E-state index is -0.365. The first-order valence-electron chi connectivity index (χ1n) is 8.64. The second-order valence-corrected chi connectivity index (χ2v) is 7.88. The molecule has 0 saturated carbocycles. The Hall–Kier alpha value is -2.83. The van der Waals surface area contributed by atoms with Gasteiger partial charge in [0.25, 0.3) is 11.8 Å². The highest BCUT2D eigenvalue weighted by molar-refractivity contribution is 7.98. The average Bonchev–Trinajstić information content (AvgIpc) is 3.21. The van der Waals surface area contributed by atoms with Gasteiger partial charge >= 0.3 is 0 Å². The lowest BCUT2D eigenvalue weighted by Crippen LogP contribution is -2.30. The summed E-state index contributed by atoms with van der Waals surface area (Å²) in [6, 6.07) is 18.6. The maximum Gasteiger partial charge on any atom is 0.272 e. The molecule has 2 N–H and O–H groups in total. The molecule has 0 bridgehead atoms. The highest BCUT2D eigenvalue weighted by Gasteiger charge is 2.16. The Morgan fingerprint density at radius 2 is 1.75 bits per heavy atom. The Kier molecular flexibility index (Phi) is 6.68. The van der Waals surface area contributed by atoms with E-state index in [0.717, 1.165) is 15.3 Å². The molecule has 0 unspecified atom stereocenters. The number of hydrogen-bond acceptors (Lipinski definition) is 4. The smallest absolute Gasteiger partial charge is 0.272 e. The molecular formula is C22H20N2O2S2. The molecule has 4 nitrogen and oxygen atoms in total. The summed E-state index contributed by atoms with van der Waals surface area (Å²) in [5.74, 6) is -0.688. The van der Waals surface area contributed by atoms with Gasteiger partial charge in [0.2, 0.25) is 0 Å². The zero-order valence-corrected chi connectivity index (χ0v) is 17.2. The monoisotopic (exact) mass is 408 g/mol. The fraction of sp³-hybridized carbons (Fsp3) is 0.0909. The number of nitrogens with one attached hydrogen (secondary N) is 2. The van der Waals surface area contributed by atoms with Crippen LogP contribution in [0.3, 0.4) is 0 Å². The number of thiophene rings is 1. The van der Waals surface area contributed by atoms with Gasteiger partial charge in [0, 0.05) is 15.3 Å². The molecule has 28 heavy (non-hydrogen) atoms. The molecule has 0 radical (unpaired) electrons. The van der Waals surface area contributed by atoms with Crippen molar-refractivity contribution in [3.05, 3.63) is 87.7 Å². The minimum absolute atomic E-state index is 0.198. The molecule has 3 aromatic rings. The van der Waals surface area contributed by atoms with Crippen molar-refractivity contribution in [2.45, 2.75) is 11.8 Å². The van der Waals surface area contributed by atoms with Gasteiger partial charge in [-0.15, -0.1) is 23.1 Å². The minimum Gasteiger partial charge on any atom is -0.320 e. The number of hydrogen-bond donors (Lipinski definition) is 2. The number of carbonyl (C=O) groups is 2. The van der Waals surface area contributed by atoms with Gasteiger partial charge in [-0.25, -0.2) is 0 Å². The predicted molar refractivity (Wildman–Crippen MR) is 118 cm³/mol. The summed E-state index contributed by atoms with van der Waals surface area (Å²) >= 11 is 3.04. The van der Waals surface area contributed by atoms with Crippen LogP contribution in [-0.2, 0) is 4.79 Å². The Labute approximate surface area is 172 Å². The van der Waals surface area contributed by atoms with Crippen molar-refractivity contribution >= 4 is 46.7 Å². The van der Waals surface area contributed by atoms with Crippen molar-refractivity contribution in [2.75, 3.05) is 11.6 Å². The van der Waals surface area contributed by atoms with Crippen molar-refractivity contribution in [2.24, 2.45) is 0 Å². The van der Waals surface area contributed by atoms with E-state index in [9.17, 15) is 9.59 Å². The van der Waals surface area contributed by atoms with E-state index >= 15 is 0 Å². The third kappa shape index (κ3) is 5.12. The van der Waals surface area contributed by atoms with Gasteiger partial charge in [-0.05, 0) is 55.0 Å². The van der Waals surface area contributed by atoms with Crippen LogP contribution in [-0.4, -0.2) is 18.1 Å². The van der Waals surface area contributed by atoms with Crippen molar-refractivity contribution < 1.29 is 9.59 Å². The quantitative estimate of drug-likeness (QED) is 0.436. The van der Waals surface area contributed by atoms with E-state index in [-0.39, 0.29) is 17.5 Å². The lowest BCUT2D eigenvalue weighted by molar-refractivity contribution is -0.113. The summed E-state index contributed by atoms with van der Waals surface area (Å²) in [6.45, 7) is 1.96. The topological polar surface area (TPSA) is 58.2 Å². The second kappa shape index (κ2) is 9.39. The molecule has 6 heteroatoms. The molecule has 0 fully saturated rings. The third-order valence-corrected chi connectivity index (χ3v) is 5.61. The van der Waals surface area contributed by atoms with E-state index in [1.165, 1.54) is 11.3 Å². The largest absolute Gasteiger partial charge is 0.320 e. The van der Waals surface area contributed by atoms with Crippen LogP contribution in [0.25, 0.3) is 6.08 Å². The number of benzene rings is 2. The number of rotatable bonds is 6. The van der Waals surface area contributed by atoms with Crippen molar-refractivity contribution in [3.8, 4) is 0 Å². The summed E-state index contributed by atoms with van der Waals surface area (Å²) in [5.41, 5.74) is 2.47. The molecular weight excluding hydrogens is 388 g/mol. The maximum absolute atomic E-state index is 12.9. The first-order chi connectivity index (χ1) is 13.6. The van der Waals surface area contributed by atoms with Gasteiger partial charge in [-0.3, -0.25) is 9.59 Å². The highest BCUT2D eigenvalue weighted by atomic mass is 32.2. The molecule has 1 aromatic heterocycles. The van der Waals surface area contributed by atoms with Crippen molar-refractivity contribution in [1.29, 1.82) is 0 Å². The Balaban J connectivity index is 1.85. The summed E-state index contributed by atoms with van der Waals surface area (Å²) in [6.07, 6.45) is 3.64.